The lowest BCUT2D eigenvalue weighted by Gasteiger charge is -2.34. The Bertz CT molecular complexity index is 197. The maximum absolute atomic E-state index is 9.86. The van der Waals surface area contributed by atoms with Crippen LogP contribution in [0.15, 0.2) is 0 Å². The number of rotatable bonds is 7. The Kier molecular flexibility index (Phi) is 7.04. The monoisotopic (exact) mass is 245 g/mol. The van der Waals surface area contributed by atoms with Gasteiger partial charge in [0, 0.05) is 19.6 Å². The van der Waals surface area contributed by atoms with Crippen LogP contribution in [0.1, 0.15) is 33.6 Å². The Morgan fingerprint density at radius 1 is 1.47 bits per heavy atom. The highest BCUT2D eigenvalue weighted by atomic mass is 16.5. The molecule has 1 N–H and O–H groups in total. The summed E-state index contributed by atoms with van der Waals surface area (Å²) in [6, 6.07) is 0. The van der Waals surface area contributed by atoms with E-state index < -0.39 is 6.10 Å². The molecule has 1 saturated heterocycles. The molecule has 4 nitrogen and oxygen atoms in total. The van der Waals surface area contributed by atoms with E-state index in [-0.39, 0.29) is 6.10 Å². The van der Waals surface area contributed by atoms with E-state index in [1.807, 2.05) is 13.8 Å². The van der Waals surface area contributed by atoms with Crippen molar-refractivity contribution < 1.29 is 14.6 Å². The molecule has 0 bridgehead atoms. The molecule has 0 saturated carbocycles. The topological polar surface area (TPSA) is 41.9 Å². The second-order valence-corrected chi connectivity index (χ2v) is 5.08. The molecule has 0 radical (unpaired) electrons. The molecular weight excluding hydrogens is 218 g/mol. The zero-order chi connectivity index (χ0) is 12.7. The molecule has 1 rings (SSSR count). The van der Waals surface area contributed by atoms with Crippen LogP contribution in [0.5, 0.6) is 0 Å². The molecule has 0 amide bonds. The van der Waals surface area contributed by atoms with Gasteiger partial charge in [-0.05, 0) is 20.3 Å². The maximum Gasteiger partial charge on any atom is 0.0900 e. The van der Waals surface area contributed by atoms with Crippen molar-refractivity contribution in [2.45, 2.75) is 51.9 Å². The predicted molar refractivity (Wildman–Crippen MR) is 68.2 cm³/mol. The number of nitrogens with zero attached hydrogens (tertiary/aromatic N) is 1. The first-order valence-electron chi connectivity index (χ1n) is 6.75. The number of aliphatic hydroxyl groups excluding tert-OH is 1. The average molecular weight is 245 g/mol. The first kappa shape index (κ1) is 14.9. The van der Waals surface area contributed by atoms with Crippen LogP contribution < -0.4 is 0 Å². The van der Waals surface area contributed by atoms with Gasteiger partial charge in [0.25, 0.3) is 0 Å². The highest BCUT2D eigenvalue weighted by Gasteiger charge is 2.21. The van der Waals surface area contributed by atoms with E-state index in [1.165, 1.54) is 0 Å². The standard InChI is InChI=1S/C13H27NO3/c1-4-5-13-9-14(6-7-16-13)8-12(15)10-17-11(2)3/h11-13,15H,4-10H2,1-3H3. The van der Waals surface area contributed by atoms with Crippen LogP contribution in [0.4, 0.5) is 0 Å². The highest BCUT2D eigenvalue weighted by Crippen LogP contribution is 2.10. The summed E-state index contributed by atoms with van der Waals surface area (Å²) in [4.78, 5) is 2.28. The molecule has 0 spiro atoms. The van der Waals surface area contributed by atoms with Crippen LogP contribution in [0, 0.1) is 0 Å². The van der Waals surface area contributed by atoms with E-state index >= 15 is 0 Å². The van der Waals surface area contributed by atoms with E-state index in [0.717, 1.165) is 32.5 Å². The molecule has 4 heteroatoms. The van der Waals surface area contributed by atoms with Gasteiger partial charge in [-0.2, -0.15) is 0 Å². The molecule has 2 unspecified atom stereocenters. The van der Waals surface area contributed by atoms with Crippen LogP contribution >= 0.6 is 0 Å². The first-order valence-corrected chi connectivity index (χ1v) is 6.75. The van der Waals surface area contributed by atoms with Crippen LogP contribution in [0.3, 0.4) is 0 Å². The van der Waals surface area contributed by atoms with E-state index in [4.69, 9.17) is 9.47 Å². The third-order valence-electron chi connectivity index (χ3n) is 2.92. The van der Waals surface area contributed by atoms with Crippen molar-refractivity contribution in [3.05, 3.63) is 0 Å². The Balaban J connectivity index is 2.20. The molecule has 2 atom stereocenters. The molecule has 0 aromatic rings. The lowest BCUT2D eigenvalue weighted by Crippen LogP contribution is -2.46. The predicted octanol–water partition coefficient (Wildman–Crippen LogP) is 1.27. The Labute approximate surface area is 105 Å². The van der Waals surface area contributed by atoms with Gasteiger partial charge < -0.3 is 14.6 Å². The van der Waals surface area contributed by atoms with Crippen LogP contribution in [-0.2, 0) is 9.47 Å². The summed E-state index contributed by atoms with van der Waals surface area (Å²) >= 11 is 0. The number of β-amino-alcohol motifs (C(OH)–C–C–N with tert-alkyl or cyclic N) is 1. The largest absolute Gasteiger partial charge is 0.389 e. The summed E-state index contributed by atoms with van der Waals surface area (Å²) in [5.41, 5.74) is 0. The maximum atomic E-state index is 9.86. The molecule has 0 aliphatic carbocycles. The Morgan fingerprint density at radius 3 is 2.88 bits per heavy atom. The zero-order valence-corrected chi connectivity index (χ0v) is 11.4. The molecule has 17 heavy (non-hydrogen) atoms. The van der Waals surface area contributed by atoms with Crippen molar-refractivity contribution in [1.29, 1.82) is 0 Å². The minimum absolute atomic E-state index is 0.183. The Morgan fingerprint density at radius 2 is 2.24 bits per heavy atom. The summed E-state index contributed by atoms with van der Waals surface area (Å²) in [5, 5.41) is 9.86. The van der Waals surface area contributed by atoms with Crippen molar-refractivity contribution in [2.24, 2.45) is 0 Å². The first-order chi connectivity index (χ1) is 8.11. The lowest BCUT2D eigenvalue weighted by molar-refractivity contribution is -0.0583. The number of hydrogen-bond donors (Lipinski definition) is 1. The summed E-state index contributed by atoms with van der Waals surface area (Å²) < 4.78 is 11.1. The van der Waals surface area contributed by atoms with Gasteiger partial charge in [0.2, 0.25) is 0 Å². The molecule has 102 valence electrons. The number of hydrogen-bond acceptors (Lipinski definition) is 4. The van der Waals surface area contributed by atoms with Gasteiger partial charge in [0.05, 0.1) is 31.5 Å². The van der Waals surface area contributed by atoms with Crippen molar-refractivity contribution in [2.75, 3.05) is 32.8 Å². The van der Waals surface area contributed by atoms with Crippen LogP contribution in [-0.4, -0.2) is 61.2 Å². The average Bonchev–Trinajstić information content (AvgIpc) is 2.27. The van der Waals surface area contributed by atoms with Gasteiger partial charge in [0.15, 0.2) is 0 Å². The molecule has 0 aromatic carbocycles. The highest BCUT2D eigenvalue weighted by molar-refractivity contribution is 4.73. The van der Waals surface area contributed by atoms with Gasteiger partial charge in [-0.15, -0.1) is 0 Å². The zero-order valence-electron chi connectivity index (χ0n) is 11.4. The fourth-order valence-corrected chi connectivity index (χ4v) is 2.10. The molecule has 1 aliphatic rings. The van der Waals surface area contributed by atoms with Crippen molar-refractivity contribution in [3.63, 3.8) is 0 Å². The van der Waals surface area contributed by atoms with Gasteiger partial charge in [0.1, 0.15) is 0 Å². The van der Waals surface area contributed by atoms with Crippen LogP contribution in [0.2, 0.25) is 0 Å². The molecule has 0 aromatic heterocycles. The summed E-state index contributed by atoms with van der Waals surface area (Å²) in [5.74, 6) is 0. The smallest absolute Gasteiger partial charge is 0.0900 e. The van der Waals surface area contributed by atoms with E-state index in [1.54, 1.807) is 0 Å². The second-order valence-electron chi connectivity index (χ2n) is 5.08. The van der Waals surface area contributed by atoms with Gasteiger partial charge >= 0.3 is 0 Å². The SMILES string of the molecule is CCCC1CN(CC(O)COC(C)C)CCO1. The van der Waals surface area contributed by atoms with Gasteiger partial charge in [-0.3, -0.25) is 4.90 Å². The van der Waals surface area contributed by atoms with Crippen LogP contribution in [0.25, 0.3) is 0 Å². The summed E-state index contributed by atoms with van der Waals surface area (Å²) in [7, 11) is 0. The van der Waals surface area contributed by atoms with E-state index in [2.05, 4.69) is 11.8 Å². The number of aliphatic hydroxyl groups is 1. The van der Waals surface area contributed by atoms with E-state index in [0.29, 0.717) is 19.3 Å². The fourth-order valence-electron chi connectivity index (χ4n) is 2.10. The molecule has 1 fully saturated rings. The third kappa shape index (κ3) is 6.36. The fraction of sp³-hybridized carbons (Fsp3) is 1.00. The van der Waals surface area contributed by atoms with Gasteiger partial charge in [-0.1, -0.05) is 13.3 Å². The van der Waals surface area contributed by atoms with Crippen molar-refractivity contribution in [1.82, 2.24) is 4.90 Å². The lowest BCUT2D eigenvalue weighted by atomic mass is 10.1. The normalized spacial score (nSPS) is 24.2. The molecule has 1 aliphatic heterocycles. The Hall–Kier alpha value is -0.160. The summed E-state index contributed by atoms with van der Waals surface area (Å²) in [6.07, 6.45) is 2.39. The van der Waals surface area contributed by atoms with E-state index in [9.17, 15) is 5.11 Å². The number of ether oxygens (including phenoxy) is 2. The third-order valence-corrected chi connectivity index (χ3v) is 2.92. The van der Waals surface area contributed by atoms with Crippen molar-refractivity contribution >= 4 is 0 Å². The van der Waals surface area contributed by atoms with Crippen molar-refractivity contribution in [3.8, 4) is 0 Å². The minimum Gasteiger partial charge on any atom is -0.389 e. The molecular formula is C13H27NO3. The quantitative estimate of drug-likeness (QED) is 0.733. The second kappa shape index (κ2) is 8.03. The summed E-state index contributed by atoms with van der Waals surface area (Å²) in [6.45, 7) is 9.89. The minimum atomic E-state index is -0.391. The van der Waals surface area contributed by atoms with Gasteiger partial charge in [-0.25, -0.2) is 0 Å². The number of morpholine rings is 1. The molecule has 1 heterocycles.